The van der Waals surface area contributed by atoms with E-state index in [1.807, 2.05) is 13.0 Å². The highest BCUT2D eigenvalue weighted by Gasteiger charge is 2.27. The number of carbonyl (C=O) groups excluding carboxylic acids is 2. The predicted molar refractivity (Wildman–Crippen MR) is 128 cm³/mol. The lowest BCUT2D eigenvalue weighted by molar-refractivity contribution is -0.161. The van der Waals surface area contributed by atoms with Crippen LogP contribution in [0.1, 0.15) is 43.6 Å². The summed E-state index contributed by atoms with van der Waals surface area (Å²) in [5, 5.41) is 7.48. The van der Waals surface area contributed by atoms with Gasteiger partial charge in [-0.15, -0.1) is 0 Å². The van der Waals surface area contributed by atoms with Gasteiger partial charge in [0.05, 0.1) is 17.3 Å². The summed E-state index contributed by atoms with van der Waals surface area (Å²) in [4.78, 5) is 42.7. The topological polar surface area (TPSA) is 112 Å². The Kier molecular flexibility index (Phi) is 7.45. The molecule has 0 radical (unpaired) electrons. The van der Waals surface area contributed by atoms with Crippen LogP contribution in [0.2, 0.25) is 0 Å². The van der Waals surface area contributed by atoms with Gasteiger partial charge in [0.1, 0.15) is 16.9 Å². The van der Waals surface area contributed by atoms with Crippen LogP contribution >= 0.6 is 0 Å². The number of rotatable bonds is 7. The lowest BCUT2D eigenvalue weighted by Crippen LogP contribution is -2.30. The first kappa shape index (κ1) is 24.6. The molecule has 0 fully saturated rings. The van der Waals surface area contributed by atoms with Crippen LogP contribution in [-0.4, -0.2) is 33.5 Å². The molecular formula is C25H28N4O5. The molecule has 3 aromatic rings. The third kappa shape index (κ3) is 5.48. The van der Waals surface area contributed by atoms with Crippen LogP contribution < -0.4 is 10.9 Å². The number of carbonyl (C=O) groups is 2. The number of anilines is 2. The van der Waals surface area contributed by atoms with Crippen molar-refractivity contribution in [3.8, 4) is 11.3 Å². The third-order valence-corrected chi connectivity index (χ3v) is 5.00. The minimum absolute atomic E-state index is 0.000971. The van der Waals surface area contributed by atoms with Gasteiger partial charge in [0, 0.05) is 18.3 Å². The van der Waals surface area contributed by atoms with E-state index in [2.05, 4.69) is 15.4 Å². The Morgan fingerprint density at radius 3 is 2.41 bits per heavy atom. The monoisotopic (exact) mass is 464 g/mol. The lowest BCUT2D eigenvalue weighted by atomic mass is 9.98. The Labute approximate surface area is 197 Å². The van der Waals surface area contributed by atoms with Gasteiger partial charge in [0.15, 0.2) is 0 Å². The average Bonchev–Trinajstić information content (AvgIpc) is 2.81. The van der Waals surface area contributed by atoms with Crippen LogP contribution in [0.5, 0.6) is 0 Å². The minimum Gasteiger partial charge on any atom is -0.427 e. The van der Waals surface area contributed by atoms with Crippen LogP contribution in [0.25, 0.3) is 11.3 Å². The first-order chi connectivity index (χ1) is 16.1. The molecule has 0 atom stereocenters. The molecule has 0 unspecified atom stereocenters. The Morgan fingerprint density at radius 1 is 1.09 bits per heavy atom. The summed E-state index contributed by atoms with van der Waals surface area (Å²) in [6.07, 6.45) is 3.19. The molecule has 0 saturated heterocycles. The Morgan fingerprint density at radius 2 is 1.79 bits per heavy atom. The van der Waals surface area contributed by atoms with Crippen LogP contribution in [0, 0.1) is 12.3 Å². The molecule has 9 nitrogen and oxygen atoms in total. The highest BCUT2D eigenvalue weighted by Crippen LogP contribution is 2.28. The number of aryl methyl sites for hydroxylation is 2. The SMILES string of the molecule is CCn1nc(-c2ccccc2)c(C(=O)OCOC(=O)C(C)(C)C)c(Nc2cnccc2C)c1=O. The number of nitrogens with one attached hydrogen (secondary N) is 1. The van der Waals surface area contributed by atoms with Crippen molar-refractivity contribution in [2.45, 2.75) is 41.2 Å². The summed E-state index contributed by atoms with van der Waals surface area (Å²) in [6, 6.07) is 10.8. The fraction of sp³-hybridized carbons (Fsp3) is 0.320. The fourth-order valence-electron chi connectivity index (χ4n) is 3.05. The summed E-state index contributed by atoms with van der Waals surface area (Å²) < 4.78 is 11.6. The molecule has 0 amide bonds. The second kappa shape index (κ2) is 10.3. The Hall–Kier alpha value is -4.01. The van der Waals surface area contributed by atoms with Crippen LogP contribution in [0.3, 0.4) is 0 Å². The highest BCUT2D eigenvalue weighted by molar-refractivity contribution is 6.02. The maximum absolute atomic E-state index is 13.3. The maximum Gasteiger partial charge on any atom is 0.345 e. The summed E-state index contributed by atoms with van der Waals surface area (Å²) in [6.45, 7) is 8.41. The number of esters is 2. The van der Waals surface area contributed by atoms with Crippen molar-refractivity contribution < 1.29 is 19.1 Å². The van der Waals surface area contributed by atoms with Crippen LogP contribution in [0.15, 0.2) is 53.6 Å². The van der Waals surface area contributed by atoms with Crippen molar-refractivity contribution in [2.75, 3.05) is 12.1 Å². The largest absolute Gasteiger partial charge is 0.427 e. The van der Waals surface area contributed by atoms with E-state index in [-0.39, 0.29) is 23.5 Å². The highest BCUT2D eigenvalue weighted by atomic mass is 16.7. The zero-order valence-electron chi connectivity index (χ0n) is 19.9. The van der Waals surface area contributed by atoms with Crippen LogP contribution in [-0.2, 0) is 20.8 Å². The summed E-state index contributed by atoms with van der Waals surface area (Å²) in [5.74, 6) is -1.37. The number of aromatic nitrogens is 3. The van der Waals surface area contributed by atoms with Gasteiger partial charge >= 0.3 is 11.9 Å². The van der Waals surface area contributed by atoms with Gasteiger partial charge in [0.2, 0.25) is 6.79 Å². The zero-order chi connectivity index (χ0) is 24.9. The van der Waals surface area contributed by atoms with E-state index in [1.165, 1.54) is 4.68 Å². The summed E-state index contributed by atoms with van der Waals surface area (Å²) in [7, 11) is 0. The minimum atomic E-state index is -0.850. The van der Waals surface area contributed by atoms with Crippen molar-refractivity contribution in [1.29, 1.82) is 0 Å². The number of ether oxygens (including phenoxy) is 2. The van der Waals surface area contributed by atoms with Gasteiger partial charge in [-0.1, -0.05) is 30.3 Å². The van der Waals surface area contributed by atoms with E-state index in [9.17, 15) is 14.4 Å². The second-order valence-corrected chi connectivity index (χ2v) is 8.63. The molecule has 9 heteroatoms. The third-order valence-electron chi connectivity index (χ3n) is 5.00. The van der Waals surface area contributed by atoms with Crippen LogP contribution in [0.4, 0.5) is 11.4 Å². The summed E-state index contributed by atoms with van der Waals surface area (Å²) >= 11 is 0. The number of nitrogens with zero attached hydrogens (tertiary/aromatic N) is 3. The number of hydrogen-bond acceptors (Lipinski definition) is 8. The van der Waals surface area contributed by atoms with Crippen molar-refractivity contribution in [1.82, 2.24) is 14.8 Å². The quantitative estimate of drug-likeness (QED) is 0.411. The number of pyridine rings is 1. The molecule has 3 rings (SSSR count). The first-order valence-corrected chi connectivity index (χ1v) is 10.9. The van der Waals surface area contributed by atoms with Crippen molar-refractivity contribution in [3.63, 3.8) is 0 Å². The van der Waals surface area contributed by atoms with E-state index >= 15 is 0 Å². The molecule has 0 aliphatic carbocycles. The van der Waals surface area contributed by atoms with Gasteiger partial charge in [0.25, 0.3) is 5.56 Å². The fourth-order valence-corrected chi connectivity index (χ4v) is 3.05. The number of hydrogen-bond donors (Lipinski definition) is 1. The lowest BCUT2D eigenvalue weighted by Gasteiger charge is -2.19. The smallest absolute Gasteiger partial charge is 0.345 e. The molecule has 2 aromatic heterocycles. The standard InChI is InChI=1S/C25H28N4O5/c1-6-29-22(30)21(27-18-14-26-13-12-16(18)2)19(20(28-29)17-10-8-7-9-11-17)23(31)33-15-34-24(32)25(3,4)5/h7-14,27H,6,15H2,1-5H3. The molecule has 34 heavy (non-hydrogen) atoms. The second-order valence-electron chi connectivity index (χ2n) is 8.63. The zero-order valence-corrected chi connectivity index (χ0v) is 19.9. The van der Waals surface area contributed by atoms with E-state index in [0.717, 1.165) is 5.56 Å². The molecule has 1 N–H and O–H groups in total. The molecule has 0 saturated carbocycles. The van der Waals surface area contributed by atoms with Crippen molar-refractivity contribution in [3.05, 3.63) is 70.3 Å². The molecule has 0 spiro atoms. The molecule has 0 bridgehead atoms. The summed E-state index contributed by atoms with van der Waals surface area (Å²) in [5.41, 5.74) is 0.955. The van der Waals surface area contributed by atoms with E-state index in [0.29, 0.717) is 11.3 Å². The van der Waals surface area contributed by atoms with E-state index < -0.39 is 29.7 Å². The van der Waals surface area contributed by atoms with Gasteiger partial charge in [-0.25, -0.2) is 9.48 Å². The predicted octanol–water partition coefficient (Wildman–Crippen LogP) is 4.08. The molecule has 2 heterocycles. The van der Waals surface area contributed by atoms with E-state index in [4.69, 9.17) is 9.47 Å². The van der Waals surface area contributed by atoms with Gasteiger partial charge in [-0.2, -0.15) is 5.10 Å². The maximum atomic E-state index is 13.3. The Balaban J connectivity index is 2.11. The normalized spacial score (nSPS) is 11.1. The Bertz CT molecular complexity index is 1250. The van der Waals surface area contributed by atoms with E-state index in [1.54, 1.807) is 70.4 Å². The molecule has 1 aromatic carbocycles. The van der Waals surface area contributed by atoms with Crippen molar-refractivity contribution in [2.24, 2.45) is 5.41 Å². The van der Waals surface area contributed by atoms with Gasteiger partial charge in [-0.3, -0.25) is 14.6 Å². The average molecular weight is 465 g/mol. The van der Waals surface area contributed by atoms with Crippen molar-refractivity contribution >= 4 is 23.3 Å². The molecule has 0 aliphatic heterocycles. The molecule has 178 valence electrons. The number of benzene rings is 1. The van der Waals surface area contributed by atoms with Gasteiger partial charge < -0.3 is 14.8 Å². The first-order valence-electron chi connectivity index (χ1n) is 10.9. The molecule has 0 aliphatic rings. The van der Waals surface area contributed by atoms with Gasteiger partial charge in [-0.05, 0) is 46.2 Å². The molecular weight excluding hydrogens is 436 g/mol.